The molecule has 2 N–H and O–H groups in total. The highest BCUT2D eigenvalue weighted by molar-refractivity contribution is 5.95. The minimum Gasteiger partial charge on any atom is -0.497 e. The summed E-state index contributed by atoms with van der Waals surface area (Å²) in [5.74, 6) is 0.763. The van der Waals surface area contributed by atoms with Gasteiger partial charge < -0.3 is 20.1 Å². The fraction of sp³-hybridized carbons (Fsp3) is 0.222. The molecular formula is C18H20N2O4. The Morgan fingerprint density at radius 3 is 2.04 bits per heavy atom. The van der Waals surface area contributed by atoms with Gasteiger partial charge in [0, 0.05) is 30.8 Å². The highest BCUT2D eigenvalue weighted by Gasteiger charge is 2.09. The topological polar surface area (TPSA) is 76.7 Å². The first-order valence-corrected chi connectivity index (χ1v) is 7.39. The van der Waals surface area contributed by atoms with Gasteiger partial charge in [-0.25, -0.2) is 0 Å². The molecule has 0 saturated carbocycles. The third-order valence-corrected chi connectivity index (χ3v) is 3.34. The van der Waals surface area contributed by atoms with Crippen molar-refractivity contribution >= 4 is 17.5 Å². The minimum absolute atomic E-state index is 0.122. The average Bonchev–Trinajstić information content (AvgIpc) is 2.59. The van der Waals surface area contributed by atoms with Crippen molar-refractivity contribution in [2.75, 3.05) is 19.5 Å². The summed E-state index contributed by atoms with van der Waals surface area (Å²) in [6, 6.07) is 12.3. The normalized spacial score (nSPS) is 9.96. The Balaban J connectivity index is 2.01. The van der Waals surface area contributed by atoms with Crippen LogP contribution >= 0.6 is 0 Å². The number of hydrogen-bond donors (Lipinski definition) is 2. The van der Waals surface area contributed by atoms with Gasteiger partial charge in [0.1, 0.15) is 11.5 Å². The third kappa shape index (κ3) is 4.74. The van der Waals surface area contributed by atoms with E-state index in [0.717, 1.165) is 11.3 Å². The second-order valence-corrected chi connectivity index (χ2v) is 5.16. The zero-order chi connectivity index (χ0) is 17.5. The Morgan fingerprint density at radius 1 is 0.958 bits per heavy atom. The third-order valence-electron chi connectivity index (χ3n) is 3.34. The molecule has 2 aromatic rings. The van der Waals surface area contributed by atoms with Gasteiger partial charge in [-0.2, -0.15) is 0 Å². The van der Waals surface area contributed by atoms with E-state index in [1.54, 1.807) is 30.3 Å². The number of ether oxygens (including phenoxy) is 2. The number of hydrogen-bond acceptors (Lipinski definition) is 4. The van der Waals surface area contributed by atoms with E-state index in [0.29, 0.717) is 23.6 Å². The second kappa shape index (κ2) is 8.01. The Labute approximate surface area is 140 Å². The van der Waals surface area contributed by atoms with Crippen molar-refractivity contribution in [2.24, 2.45) is 0 Å². The molecule has 2 rings (SSSR count). The number of nitrogens with one attached hydrogen (secondary N) is 2. The number of carbonyl (C=O) groups is 2. The largest absolute Gasteiger partial charge is 0.497 e. The molecule has 0 radical (unpaired) electrons. The van der Waals surface area contributed by atoms with E-state index in [2.05, 4.69) is 10.6 Å². The first-order valence-electron chi connectivity index (χ1n) is 7.39. The standard InChI is InChI=1S/C18H20N2O4/c1-12(21)20-15-6-4-13(5-7-15)11-19-18(22)14-8-16(23-2)10-17(9-14)24-3/h4-10H,11H2,1-3H3,(H,19,22)(H,20,21). The molecule has 0 heterocycles. The van der Waals surface area contributed by atoms with Crippen LogP contribution in [0.2, 0.25) is 0 Å². The van der Waals surface area contributed by atoms with Crippen molar-refractivity contribution in [3.05, 3.63) is 53.6 Å². The Kier molecular flexibility index (Phi) is 5.78. The van der Waals surface area contributed by atoms with Gasteiger partial charge in [-0.05, 0) is 29.8 Å². The number of methoxy groups -OCH3 is 2. The molecule has 0 unspecified atom stereocenters. The minimum atomic E-state index is -0.224. The van der Waals surface area contributed by atoms with Gasteiger partial charge in [-0.1, -0.05) is 12.1 Å². The van der Waals surface area contributed by atoms with Crippen LogP contribution in [0.1, 0.15) is 22.8 Å². The molecule has 0 aliphatic carbocycles. The van der Waals surface area contributed by atoms with Crippen LogP contribution < -0.4 is 20.1 Å². The summed E-state index contributed by atoms with van der Waals surface area (Å²) >= 11 is 0. The summed E-state index contributed by atoms with van der Waals surface area (Å²) in [5.41, 5.74) is 2.10. The van der Waals surface area contributed by atoms with E-state index in [9.17, 15) is 9.59 Å². The number of rotatable bonds is 6. The highest BCUT2D eigenvalue weighted by atomic mass is 16.5. The molecule has 0 fully saturated rings. The molecule has 6 heteroatoms. The summed E-state index contributed by atoms with van der Waals surface area (Å²) < 4.78 is 10.3. The molecule has 0 saturated heterocycles. The van der Waals surface area contributed by atoms with Crippen molar-refractivity contribution in [2.45, 2.75) is 13.5 Å². The van der Waals surface area contributed by atoms with Crippen LogP contribution in [-0.2, 0) is 11.3 Å². The lowest BCUT2D eigenvalue weighted by atomic mass is 10.1. The van der Waals surface area contributed by atoms with Gasteiger partial charge in [-0.3, -0.25) is 9.59 Å². The molecule has 0 spiro atoms. The molecule has 126 valence electrons. The summed E-state index contributed by atoms with van der Waals surface area (Å²) in [6.45, 7) is 1.83. The van der Waals surface area contributed by atoms with Crippen molar-refractivity contribution in [1.29, 1.82) is 0 Å². The molecule has 0 aliphatic rings. The van der Waals surface area contributed by atoms with Gasteiger partial charge in [-0.15, -0.1) is 0 Å². The molecule has 0 atom stereocenters. The number of amides is 2. The fourth-order valence-electron chi connectivity index (χ4n) is 2.13. The van der Waals surface area contributed by atoms with Gasteiger partial charge in [0.05, 0.1) is 14.2 Å². The highest BCUT2D eigenvalue weighted by Crippen LogP contribution is 2.22. The van der Waals surface area contributed by atoms with E-state index >= 15 is 0 Å². The van der Waals surface area contributed by atoms with E-state index < -0.39 is 0 Å². The Bertz CT molecular complexity index is 704. The first kappa shape index (κ1) is 17.3. The maximum absolute atomic E-state index is 12.3. The number of benzene rings is 2. The molecule has 0 aromatic heterocycles. The quantitative estimate of drug-likeness (QED) is 0.854. The summed E-state index contributed by atoms with van der Waals surface area (Å²) in [6.07, 6.45) is 0. The lowest BCUT2D eigenvalue weighted by Crippen LogP contribution is -2.22. The van der Waals surface area contributed by atoms with Crippen LogP contribution in [0.3, 0.4) is 0 Å². The van der Waals surface area contributed by atoms with Crippen molar-refractivity contribution in [3.63, 3.8) is 0 Å². The maximum atomic E-state index is 12.3. The average molecular weight is 328 g/mol. The van der Waals surface area contributed by atoms with Crippen LogP contribution in [-0.4, -0.2) is 26.0 Å². The molecule has 0 bridgehead atoms. The van der Waals surface area contributed by atoms with Crippen LogP contribution in [0.25, 0.3) is 0 Å². The van der Waals surface area contributed by atoms with Crippen molar-refractivity contribution in [3.8, 4) is 11.5 Å². The van der Waals surface area contributed by atoms with E-state index in [1.165, 1.54) is 21.1 Å². The van der Waals surface area contributed by atoms with Crippen LogP contribution in [0, 0.1) is 0 Å². The molecular weight excluding hydrogens is 308 g/mol. The SMILES string of the molecule is COc1cc(OC)cc(C(=O)NCc2ccc(NC(C)=O)cc2)c1. The smallest absolute Gasteiger partial charge is 0.251 e. The van der Waals surface area contributed by atoms with E-state index in [-0.39, 0.29) is 11.8 Å². The molecule has 2 aromatic carbocycles. The lowest BCUT2D eigenvalue weighted by molar-refractivity contribution is -0.114. The van der Waals surface area contributed by atoms with E-state index in [4.69, 9.17) is 9.47 Å². The molecule has 2 amide bonds. The monoisotopic (exact) mass is 328 g/mol. The second-order valence-electron chi connectivity index (χ2n) is 5.16. The number of carbonyl (C=O) groups excluding carboxylic acids is 2. The predicted octanol–water partition coefficient (Wildman–Crippen LogP) is 2.59. The zero-order valence-corrected chi connectivity index (χ0v) is 13.9. The molecule has 24 heavy (non-hydrogen) atoms. The summed E-state index contributed by atoms with van der Waals surface area (Å²) in [5, 5.41) is 5.53. The van der Waals surface area contributed by atoms with Crippen molar-refractivity contribution in [1.82, 2.24) is 5.32 Å². The van der Waals surface area contributed by atoms with E-state index in [1.807, 2.05) is 12.1 Å². The Hall–Kier alpha value is -3.02. The first-order chi connectivity index (χ1) is 11.5. The predicted molar refractivity (Wildman–Crippen MR) is 91.5 cm³/mol. The lowest BCUT2D eigenvalue weighted by Gasteiger charge is -2.10. The van der Waals surface area contributed by atoms with Crippen LogP contribution in [0.15, 0.2) is 42.5 Å². The van der Waals surface area contributed by atoms with Gasteiger partial charge in [0.2, 0.25) is 5.91 Å². The van der Waals surface area contributed by atoms with Crippen LogP contribution in [0.5, 0.6) is 11.5 Å². The number of anilines is 1. The zero-order valence-electron chi connectivity index (χ0n) is 13.9. The van der Waals surface area contributed by atoms with Gasteiger partial charge in [0.15, 0.2) is 0 Å². The van der Waals surface area contributed by atoms with Crippen LogP contribution in [0.4, 0.5) is 5.69 Å². The summed E-state index contributed by atoms with van der Waals surface area (Å²) in [7, 11) is 3.07. The summed E-state index contributed by atoms with van der Waals surface area (Å²) in [4.78, 5) is 23.3. The Morgan fingerprint density at radius 2 is 1.54 bits per heavy atom. The molecule has 6 nitrogen and oxygen atoms in total. The van der Waals surface area contributed by atoms with Crippen molar-refractivity contribution < 1.29 is 19.1 Å². The fourth-order valence-corrected chi connectivity index (χ4v) is 2.13. The van der Waals surface area contributed by atoms with Gasteiger partial charge >= 0.3 is 0 Å². The maximum Gasteiger partial charge on any atom is 0.251 e. The molecule has 0 aliphatic heterocycles. The van der Waals surface area contributed by atoms with Gasteiger partial charge in [0.25, 0.3) is 5.91 Å².